The molecule has 0 N–H and O–H groups in total. The monoisotopic (exact) mass is 412 g/mol. The molecule has 0 saturated carbocycles. The smallest absolute Gasteiger partial charge is 0.273 e. The highest BCUT2D eigenvalue weighted by atomic mass is 32.1. The number of carbonyl (C=O) groups excluding carboxylic acids is 1. The van der Waals surface area contributed by atoms with E-state index in [1.807, 2.05) is 31.2 Å². The summed E-state index contributed by atoms with van der Waals surface area (Å²) < 4.78 is 24.4. The summed E-state index contributed by atoms with van der Waals surface area (Å²) in [6.45, 7) is 3.92. The van der Waals surface area contributed by atoms with Crippen LogP contribution in [0.25, 0.3) is 10.6 Å². The third-order valence-corrected chi connectivity index (χ3v) is 5.62. The number of thiazole rings is 1. The van der Waals surface area contributed by atoms with Crippen LogP contribution in [-0.2, 0) is 4.74 Å². The lowest BCUT2D eigenvalue weighted by Crippen LogP contribution is -2.42. The Kier molecular flexibility index (Phi) is 5.87. The molecule has 1 unspecified atom stereocenters. The first-order chi connectivity index (χ1) is 14.1. The Labute approximate surface area is 172 Å². The molecule has 4 rings (SSSR count). The zero-order valence-electron chi connectivity index (χ0n) is 16.0. The zero-order valence-corrected chi connectivity index (χ0v) is 16.8. The van der Waals surface area contributed by atoms with Gasteiger partial charge >= 0.3 is 0 Å². The van der Waals surface area contributed by atoms with Gasteiger partial charge in [-0.3, -0.25) is 4.79 Å². The number of morpholine rings is 1. The predicted octanol–water partition coefficient (Wildman–Crippen LogP) is 4.56. The van der Waals surface area contributed by atoms with Gasteiger partial charge < -0.3 is 14.4 Å². The Balaban J connectivity index is 1.46. The second-order valence-corrected chi connectivity index (χ2v) is 7.52. The molecule has 7 heteroatoms. The Morgan fingerprint density at radius 2 is 2.00 bits per heavy atom. The maximum atomic E-state index is 13.2. The average Bonchev–Trinajstić information content (AvgIpc) is 3.25. The number of ether oxygens (including phenoxy) is 2. The molecular formula is C22H21FN2O3S. The first-order valence-electron chi connectivity index (χ1n) is 9.49. The first kappa shape index (κ1) is 19.5. The molecule has 1 aliphatic heterocycles. The summed E-state index contributed by atoms with van der Waals surface area (Å²) >= 11 is 1.44. The van der Waals surface area contributed by atoms with Crippen molar-refractivity contribution in [2.24, 2.45) is 0 Å². The van der Waals surface area contributed by atoms with Crippen molar-refractivity contribution in [2.45, 2.75) is 13.0 Å². The highest BCUT2D eigenvalue weighted by molar-refractivity contribution is 7.13. The van der Waals surface area contributed by atoms with E-state index in [0.717, 1.165) is 21.9 Å². The number of nitrogens with zero attached hydrogens (tertiary/aromatic N) is 2. The molecule has 0 radical (unpaired) electrons. The van der Waals surface area contributed by atoms with Crippen LogP contribution in [0.2, 0.25) is 0 Å². The highest BCUT2D eigenvalue weighted by Gasteiger charge is 2.27. The van der Waals surface area contributed by atoms with Crippen molar-refractivity contribution >= 4 is 17.2 Å². The van der Waals surface area contributed by atoms with Crippen LogP contribution < -0.4 is 4.74 Å². The SMILES string of the molecule is CCOc1ccc(-c2nc(C(=O)N3CCOC(c4ccc(F)cc4)C3)cs2)cc1. The van der Waals surface area contributed by atoms with E-state index in [9.17, 15) is 9.18 Å². The molecule has 1 atom stereocenters. The fraction of sp³-hybridized carbons (Fsp3) is 0.273. The quantitative estimate of drug-likeness (QED) is 0.616. The van der Waals surface area contributed by atoms with Gasteiger partial charge in [0.05, 0.1) is 19.8 Å². The summed E-state index contributed by atoms with van der Waals surface area (Å²) in [5, 5.41) is 2.58. The van der Waals surface area contributed by atoms with Gasteiger partial charge in [-0.15, -0.1) is 11.3 Å². The minimum atomic E-state index is -0.290. The maximum Gasteiger partial charge on any atom is 0.273 e. The number of carbonyl (C=O) groups is 1. The van der Waals surface area contributed by atoms with Crippen LogP contribution in [0, 0.1) is 5.82 Å². The van der Waals surface area contributed by atoms with E-state index in [0.29, 0.717) is 32.0 Å². The molecule has 2 aromatic carbocycles. The fourth-order valence-electron chi connectivity index (χ4n) is 3.24. The molecule has 1 saturated heterocycles. The summed E-state index contributed by atoms with van der Waals surface area (Å²) in [6.07, 6.45) is -0.266. The van der Waals surface area contributed by atoms with Crippen LogP contribution in [0.5, 0.6) is 5.75 Å². The molecule has 0 aliphatic carbocycles. The topological polar surface area (TPSA) is 51.7 Å². The predicted molar refractivity (Wildman–Crippen MR) is 110 cm³/mol. The van der Waals surface area contributed by atoms with Gasteiger partial charge in [-0.2, -0.15) is 0 Å². The number of hydrogen-bond donors (Lipinski definition) is 0. The summed E-state index contributed by atoms with van der Waals surface area (Å²) in [5.74, 6) is 0.403. The molecule has 1 fully saturated rings. The lowest BCUT2D eigenvalue weighted by atomic mass is 10.1. The van der Waals surface area contributed by atoms with E-state index in [4.69, 9.17) is 9.47 Å². The van der Waals surface area contributed by atoms with Gasteiger partial charge in [-0.25, -0.2) is 9.37 Å². The molecule has 150 valence electrons. The molecule has 1 amide bonds. The Morgan fingerprint density at radius 3 is 2.72 bits per heavy atom. The number of amides is 1. The van der Waals surface area contributed by atoms with Gasteiger partial charge in [0.15, 0.2) is 0 Å². The second-order valence-electron chi connectivity index (χ2n) is 6.66. The summed E-state index contributed by atoms with van der Waals surface area (Å²) in [4.78, 5) is 19.2. The summed E-state index contributed by atoms with van der Waals surface area (Å²) in [5.41, 5.74) is 2.24. The highest BCUT2D eigenvalue weighted by Crippen LogP contribution is 2.28. The third-order valence-electron chi connectivity index (χ3n) is 4.73. The van der Waals surface area contributed by atoms with Crippen molar-refractivity contribution in [1.29, 1.82) is 0 Å². The van der Waals surface area contributed by atoms with Gasteiger partial charge in [0.25, 0.3) is 5.91 Å². The molecule has 29 heavy (non-hydrogen) atoms. The normalized spacial score (nSPS) is 16.6. The van der Waals surface area contributed by atoms with Crippen molar-refractivity contribution < 1.29 is 18.7 Å². The van der Waals surface area contributed by atoms with Crippen molar-refractivity contribution in [3.63, 3.8) is 0 Å². The zero-order chi connectivity index (χ0) is 20.2. The lowest BCUT2D eigenvalue weighted by molar-refractivity contribution is -0.0230. The minimum Gasteiger partial charge on any atom is -0.494 e. The molecule has 1 aliphatic rings. The van der Waals surface area contributed by atoms with Gasteiger partial charge in [0, 0.05) is 17.5 Å². The average molecular weight is 412 g/mol. The van der Waals surface area contributed by atoms with Crippen LogP contribution in [0.15, 0.2) is 53.9 Å². The Bertz CT molecular complexity index is 972. The van der Waals surface area contributed by atoms with Crippen molar-refractivity contribution in [1.82, 2.24) is 9.88 Å². The van der Waals surface area contributed by atoms with Crippen molar-refractivity contribution in [2.75, 3.05) is 26.3 Å². The Hall–Kier alpha value is -2.77. The van der Waals surface area contributed by atoms with E-state index in [1.165, 1.54) is 23.5 Å². The number of hydrogen-bond acceptors (Lipinski definition) is 5. The van der Waals surface area contributed by atoms with E-state index in [-0.39, 0.29) is 17.8 Å². The molecule has 0 bridgehead atoms. The molecule has 5 nitrogen and oxygen atoms in total. The number of aromatic nitrogens is 1. The van der Waals surface area contributed by atoms with E-state index < -0.39 is 0 Å². The van der Waals surface area contributed by atoms with Crippen LogP contribution in [0.1, 0.15) is 29.1 Å². The van der Waals surface area contributed by atoms with E-state index >= 15 is 0 Å². The van der Waals surface area contributed by atoms with Crippen LogP contribution in [-0.4, -0.2) is 42.1 Å². The fourth-order valence-corrected chi connectivity index (χ4v) is 4.04. The second kappa shape index (κ2) is 8.71. The summed E-state index contributed by atoms with van der Waals surface area (Å²) in [6, 6.07) is 13.9. The summed E-state index contributed by atoms with van der Waals surface area (Å²) in [7, 11) is 0. The van der Waals surface area contributed by atoms with Gasteiger partial charge in [0.2, 0.25) is 0 Å². The standard InChI is InChI=1S/C22H21FN2O3S/c1-2-27-18-9-5-16(6-10-18)21-24-19(14-29-21)22(26)25-11-12-28-20(13-25)15-3-7-17(23)8-4-15/h3-10,14,20H,2,11-13H2,1H3. The Morgan fingerprint density at radius 1 is 1.24 bits per heavy atom. The number of halogens is 1. The first-order valence-corrected chi connectivity index (χ1v) is 10.4. The lowest BCUT2D eigenvalue weighted by Gasteiger charge is -2.32. The number of benzene rings is 2. The van der Waals surface area contributed by atoms with E-state index in [2.05, 4.69) is 4.98 Å². The van der Waals surface area contributed by atoms with Crippen LogP contribution >= 0.6 is 11.3 Å². The van der Waals surface area contributed by atoms with Crippen LogP contribution in [0.3, 0.4) is 0 Å². The largest absolute Gasteiger partial charge is 0.494 e. The van der Waals surface area contributed by atoms with Gasteiger partial charge in [-0.1, -0.05) is 12.1 Å². The number of rotatable bonds is 5. The third kappa shape index (κ3) is 4.46. The van der Waals surface area contributed by atoms with Crippen LogP contribution in [0.4, 0.5) is 4.39 Å². The molecule has 0 spiro atoms. The molecule has 1 aromatic heterocycles. The maximum absolute atomic E-state index is 13.2. The molecular weight excluding hydrogens is 391 g/mol. The van der Waals surface area contributed by atoms with Gasteiger partial charge in [-0.05, 0) is 48.9 Å². The van der Waals surface area contributed by atoms with Crippen molar-refractivity contribution in [3.05, 3.63) is 71.0 Å². The van der Waals surface area contributed by atoms with E-state index in [1.54, 1.807) is 22.4 Å². The minimum absolute atomic E-state index is 0.117. The van der Waals surface area contributed by atoms with Gasteiger partial charge in [0.1, 0.15) is 28.4 Å². The molecule has 2 heterocycles. The molecule has 3 aromatic rings. The van der Waals surface area contributed by atoms with Crippen molar-refractivity contribution in [3.8, 4) is 16.3 Å².